The lowest BCUT2D eigenvalue weighted by Crippen LogP contribution is -2.43. The van der Waals surface area contributed by atoms with Gasteiger partial charge < -0.3 is 11.1 Å². The maximum absolute atomic E-state index is 12.5. The van der Waals surface area contributed by atoms with Gasteiger partial charge in [-0.05, 0) is 55.8 Å². The van der Waals surface area contributed by atoms with Crippen LogP contribution in [0, 0.1) is 23.2 Å². The maximum atomic E-state index is 12.5. The van der Waals surface area contributed by atoms with Crippen LogP contribution >= 0.6 is 0 Å². The highest BCUT2D eigenvalue weighted by Gasteiger charge is 2.36. The standard InChI is InChI=1S/C18H34N2O/c1-13(2)11-18(6-4-5-7-18)12-20-17(21)15-8-14(3)9-16(19)10-15/h13-16H,4-12,19H2,1-3H3,(H,20,21). The Hall–Kier alpha value is -0.570. The van der Waals surface area contributed by atoms with Crippen LogP contribution in [0.3, 0.4) is 0 Å². The lowest BCUT2D eigenvalue weighted by atomic mass is 9.77. The smallest absolute Gasteiger partial charge is 0.223 e. The van der Waals surface area contributed by atoms with Gasteiger partial charge in [-0.25, -0.2) is 0 Å². The topological polar surface area (TPSA) is 55.1 Å². The van der Waals surface area contributed by atoms with Crippen molar-refractivity contribution in [1.29, 1.82) is 0 Å². The van der Waals surface area contributed by atoms with Crippen molar-refractivity contribution in [2.75, 3.05) is 6.54 Å². The van der Waals surface area contributed by atoms with Gasteiger partial charge in [0.05, 0.1) is 0 Å². The molecule has 0 heterocycles. The number of carbonyl (C=O) groups is 1. The fraction of sp³-hybridized carbons (Fsp3) is 0.944. The molecule has 3 heteroatoms. The van der Waals surface area contributed by atoms with Gasteiger partial charge in [-0.2, -0.15) is 0 Å². The van der Waals surface area contributed by atoms with E-state index in [2.05, 4.69) is 26.1 Å². The number of nitrogens with one attached hydrogen (secondary N) is 1. The van der Waals surface area contributed by atoms with Gasteiger partial charge in [-0.1, -0.05) is 33.6 Å². The van der Waals surface area contributed by atoms with Crippen LogP contribution in [-0.2, 0) is 4.79 Å². The van der Waals surface area contributed by atoms with Crippen molar-refractivity contribution in [3.63, 3.8) is 0 Å². The van der Waals surface area contributed by atoms with Gasteiger partial charge >= 0.3 is 0 Å². The van der Waals surface area contributed by atoms with E-state index in [1.54, 1.807) is 0 Å². The first-order valence-corrected chi connectivity index (χ1v) is 8.93. The molecule has 122 valence electrons. The molecule has 2 saturated carbocycles. The Morgan fingerprint density at radius 3 is 2.48 bits per heavy atom. The predicted octanol–water partition coefficient (Wildman–Crippen LogP) is 3.47. The molecular formula is C18H34N2O. The van der Waals surface area contributed by atoms with Gasteiger partial charge in [-0.15, -0.1) is 0 Å². The Morgan fingerprint density at radius 1 is 1.24 bits per heavy atom. The Morgan fingerprint density at radius 2 is 1.90 bits per heavy atom. The van der Waals surface area contributed by atoms with Crippen molar-refractivity contribution >= 4 is 5.91 Å². The van der Waals surface area contributed by atoms with Gasteiger partial charge in [0.1, 0.15) is 0 Å². The van der Waals surface area contributed by atoms with Crippen LogP contribution in [0.4, 0.5) is 0 Å². The number of hydrogen-bond acceptors (Lipinski definition) is 2. The summed E-state index contributed by atoms with van der Waals surface area (Å²) in [5.74, 6) is 1.69. The van der Waals surface area contributed by atoms with Crippen molar-refractivity contribution < 1.29 is 4.79 Å². The summed E-state index contributed by atoms with van der Waals surface area (Å²) in [6.07, 6.45) is 9.42. The normalized spacial score (nSPS) is 32.3. The number of nitrogens with two attached hydrogens (primary N) is 1. The molecule has 0 aromatic carbocycles. The van der Waals surface area contributed by atoms with Crippen LogP contribution in [0.25, 0.3) is 0 Å². The molecule has 0 saturated heterocycles. The largest absolute Gasteiger partial charge is 0.355 e. The van der Waals surface area contributed by atoms with Crippen molar-refractivity contribution in [3.05, 3.63) is 0 Å². The summed E-state index contributed by atoms with van der Waals surface area (Å²) >= 11 is 0. The fourth-order valence-corrected chi connectivity index (χ4v) is 4.73. The molecule has 0 bridgehead atoms. The lowest BCUT2D eigenvalue weighted by molar-refractivity contribution is -0.127. The molecule has 0 aromatic heterocycles. The Labute approximate surface area is 130 Å². The first kappa shape index (κ1) is 16.8. The lowest BCUT2D eigenvalue weighted by Gasteiger charge is -2.34. The molecule has 3 unspecified atom stereocenters. The number of carbonyl (C=O) groups excluding carboxylic acids is 1. The summed E-state index contributed by atoms with van der Waals surface area (Å²) < 4.78 is 0. The Balaban J connectivity index is 1.87. The average molecular weight is 294 g/mol. The molecule has 2 fully saturated rings. The van der Waals surface area contributed by atoms with Crippen molar-refractivity contribution in [3.8, 4) is 0 Å². The molecule has 21 heavy (non-hydrogen) atoms. The van der Waals surface area contributed by atoms with Gasteiger partial charge in [0.25, 0.3) is 0 Å². The van der Waals surface area contributed by atoms with E-state index in [4.69, 9.17) is 5.73 Å². The monoisotopic (exact) mass is 294 g/mol. The minimum absolute atomic E-state index is 0.140. The second-order valence-corrected chi connectivity index (χ2v) is 8.29. The van der Waals surface area contributed by atoms with Gasteiger partial charge in [-0.3, -0.25) is 4.79 Å². The first-order valence-electron chi connectivity index (χ1n) is 8.93. The third-order valence-corrected chi connectivity index (χ3v) is 5.49. The zero-order valence-electron chi connectivity index (χ0n) is 14.2. The predicted molar refractivity (Wildman–Crippen MR) is 87.8 cm³/mol. The highest BCUT2D eigenvalue weighted by molar-refractivity contribution is 5.78. The van der Waals surface area contributed by atoms with Crippen LogP contribution in [-0.4, -0.2) is 18.5 Å². The van der Waals surface area contributed by atoms with E-state index in [0.29, 0.717) is 17.3 Å². The summed E-state index contributed by atoms with van der Waals surface area (Å²) in [6, 6.07) is 0.209. The van der Waals surface area contributed by atoms with Crippen LogP contribution in [0.1, 0.15) is 72.1 Å². The van der Waals surface area contributed by atoms with Gasteiger partial charge in [0, 0.05) is 18.5 Å². The van der Waals surface area contributed by atoms with E-state index in [1.165, 1.54) is 32.1 Å². The molecule has 0 radical (unpaired) electrons. The van der Waals surface area contributed by atoms with Crippen molar-refractivity contribution in [1.82, 2.24) is 5.32 Å². The van der Waals surface area contributed by atoms with Crippen LogP contribution in [0.5, 0.6) is 0 Å². The molecule has 0 spiro atoms. The van der Waals surface area contributed by atoms with E-state index in [-0.39, 0.29) is 17.9 Å². The van der Waals surface area contributed by atoms with Crippen LogP contribution in [0.2, 0.25) is 0 Å². The maximum Gasteiger partial charge on any atom is 0.223 e. The molecule has 3 nitrogen and oxygen atoms in total. The summed E-state index contributed by atoms with van der Waals surface area (Å²) in [5.41, 5.74) is 6.45. The minimum Gasteiger partial charge on any atom is -0.355 e. The number of rotatable bonds is 5. The molecule has 2 aliphatic carbocycles. The minimum atomic E-state index is 0.140. The number of amides is 1. The highest BCUT2D eigenvalue weighted by atomic mass is 16.1. The second-order valence-electron chi connectivity index (χ2n) is 8.29. The molecule has 3 N–H and O–H groups in total. The highest BCUT2D eigenvalue weighted by Crippen LogP contribution is 2.42. The summed E-state index contributed by atoms with van der Waals surface area (Å²) in [4.78, 5) is 12.5. The number of hydrogen-bond donors (Lipinski definition) is 2. The van der Waals surface area contributed by atoms with E-state index in [9.17, 15) is 4.79 Å². The van der Waals surface area contributed by atoms with Crippen LogP contribution in [0.15, 0.2) is 0 Å². The zero-order valence-corrected chi connectivity index (χ0v) is 14.2. The summed E-state index contributed by atoms with van der Waals surface area (Å²) in [5, 5.41) is 3.29. The van der Waals surface area contributed by atoms with Gasteiger partial charge in [0.2, 0.25) is 5.91 Å². The van der Waals surface area contributed by atoms with Crippen molar-refractivity contribution in [2.24, 2.45) is 28.9 Å². The van der Waals surface area contributed by atoms with E-state index >= 15 is 0 Å². The summed E-state index contributed by atoms with van der Waals surface area (Å²) in [6.45, 7) is 7.69. The third kappa shape index (κ3) is 4.70. The van der Waals surface area contributed by atoms with E-state index < -0.39 is 0 Å². The van der Waals surface area contributed by atoms with E-state index in [0.717, 1.165) is 25.8 Å². The average Bonchev–Trinajstić information content (AvgIpc) is 2.83. The SMILES string of the molecule is CC(C)CC1(CNC(=O)C2CC(C)CC(N)C2)CCCC1. The summed E-state index contributed by atoms with van der Waals surface area (Å²) in [7, 11) is 0. The zero-order chi connectivity index (χ0) is 15.5. The van der Waals surface area contributed by atoms with Crippen LogP contribution < -0.4 is 11.1 Å². The third-order valence-electron chi connectivity index (χ3n) is 5.49. The molecular weight excluding hydrogens is 260 g/mol. The van der Waals surface area contributed by atoms with E-state index in [1.807, 2.05) is 0 Å². The molecule has 0 aliphatic heterocycles. The van der Waals surface area contributed by atoms with Gasteiger partial charge in [0.15, 0.2) is 0 Å². The molecule has 2 rings (SSSR count). The molecule has 2 aliphatic rings. The quantitative estimate of drug-likeness (QED) is 0.815. The Bertz CT molecular complexity index is 337. The second kappa shape index (κ2) is 7.13. The first-order chi connectivity index (χ1) is 9.90. The molecule has 3 atom stereocenters. The Kier molecular flexibility index (Phi) is 5.70. The molecule has 1 amide bonds. The molecule has 0 aromatic rings. The fourth-order valence-electron chi connectivity index (χ4n) is 4.73. The van der Waals surface area contributed by atoms with Crippen molar-refractivity contribution in [2.45, 2.75) is 78.2 Å².